The predicted molar refractivity (Wildman–Crippen MR) is 114 cm³/mol. The molecule has 0 bridgehead atoms. The lowest BCUT2D eigenvalue weighted by atomic mass is 9.94. The second-order valence-corrected chi connectivity index (χ2v) is 7.10. The first-order valence-electron chi connectivity index (χ1n) is 9.18. The highest BCUT2D eigenvalue weighted by Crippen LogP contribution is 2.40. The topological polar surface area (TPSA) is 90.3 Å². The van der Waals surface area contributed by atoms with E-state index in [1.165, 1.54) is 6.33 Å². The van der Waals surface area contributed by atoms with Gasteiger partial charge in [0.05, 0.1) is 19.8 Å². The minimum Gasteiger partial charge on any atom is -0.497 e. The fraction of sp³-hybridized carbons (Fsp3) is 0.190. The van der Waals surface area contributed by atoms with Crippen LogP contribution in [-0.4, -0.2) is 34.9 Å². The Morgan fingerprint density at radius 3 is 2.63 bits per heavy atom. The summed E-state index contributed by atoms with van der Waals surface area (Å²) < 4.78 is 12.6. The van der Waals surface area contributed by atoms with Crippen molar-refractivity contribution in [2.45, 2.75) is 13.0 Å². The zero-order valence-electron chi connectivity index (χ0n) is 16.6. The van der Waals surface area contributed by atoms with Crippen molar-refractivity contribution in [2.75, 3.05) is 24.9 Å². The third-order valence-electron chi connectivity index (χ3n) is 4.87. The number of fused-ring (bicyclic) bond motifs is 1. The van der Waals surface area contributed by atoms with E-state index >= 15 is 0 Å². The number of nitrogens with zero attached hydrogens (tertiary/aromatic N) is 3. The molecule has 2 heterocycles. The minimum absolute atomic E-state index is 0.279. The van der Waals surface area contributed by atoms with Gasteiger partial charge in [-0.3, -0.25) is 4.79 Å². The molecule has 3 aromatic rings. The molecule has 0 aliphatic carbocycles. The lowest BCUT2D eigenvalue weighted by molar-refractivity contribution is -0.113. The smallest absolute Gasteiger partial charge is 0.255 e. The average molecular weight is 426 g/mol. The standard InChI is InChI=1S/C21H20ClN5O3/c1-12-18(20(28)26-14-6-4-13(22)5-7-14)19(27-21(25-12)23-11-24-27)16-10-15(29-2)8-9-17(16)30-3/h4-11,19H,1-3H3,(H,26,28)(H,23,24,25). The quantitative estimate of drug-likeness (QED) is 0.644. The summed E-state index contributed by atoms with van der Waals surface area (Å²) in [5.41, 5.74) is 2.50. The van der Waals surface area contributed by atoms with Crippen LogP contribution >= 0.6 is 11.6 Å². The normalized spacial score (nSPS) is 15.3. The van der Waals surface area contributed by atoms with Crippen LogP contribution in [0.1, 0.15) is 18.5 Å². The molecular weight excluding hydrogens is 406 g/mol. The molecule has 4 rings (SSSR count). The Hall–Kier alpha value is -3.52. The van der Waals surface area contributed by atoms with E-state index in [1.807, 2.05) is 13.0 Å². The second-order valence-electron chi connectivity index (χ2n) is 6.66. The maximum atomic E-state index is 13.4. The van der Waals surface area contributed by atoms with E-state index in [0.717, 1.165) is 5.56 Å². The number of benzene rings is 2. The zero-order chi connectivity index (χ0) is 21.3. The first-order chi connectivity index (χ1) is 14.5. The van der Waals surface area contributed by atoms with Gasteiger partial charge in [0.15, 0.2) is 0 Å². The number of nitrogens with one attached hydrogen (secondary N) is 2. The van der Waals surface area contributed by atoms with Gasteiger partial charge in [0.2, 0.25) is 5.95 Å². The zero-order valence-corrected chi connectivity index (χ0v) is 17.4. The largest absolute Gasteiger partial charge is 0.497 e. The molecular formula is C21H20ClN5O3. The Morgan fingerprint density at radius 2 is 1.93 bits per heavy atom. The third kappa shape index (κ3) is 3.57. The van der Waals surface area contributed by atoms with Crippen LogP contribution in [0.3, 0.4) is 0 Å². The molecule has 2 aromatic carbocycles. The molecule has 1 amide bonds. The van der Waals surface area contributed by atoms with E-state index in [0.29, 0.717) is 39.4 Å². The summed E-state index contributed by atoms with van der Waals surface area (Å²) in [7, 11) is 3.17. The molecule has 0 saturated heterocycles. The lowest BCUT2D eigenvalue weighted by Gasteiger charge is -2.29. The number of aromatic nitrogens is 3. The van der Waals surface area contributed by atoms with Gasteiger partial charge in [0.1, 0.15) is 23.9 Å². The number of halogens is 1. The summed E-state index contributed by atoms with van der Waals surface area (Å²) in [6.45, 7) is 1.83. The van der Waals surface area contributed by atoms with Crippen LogP contribution in [-0.2, 0) is 4.79 Å². The number of rotatable bonds is 5. The Morgan fingerprint density at radius 1 is 1.17 bits per heavy atom. The van der Waals surface area contributed by atoms with Gasteiger partial charge in [0.25, 0.3) is 5.91 Å². The summed E-state index contributed by atoms with van der Waals surface area (Å²) in [6.07, 6.45) is 1.44. The number of allylic oxidation sites excluding steroid dienone is 1. The third-order valence-corrected chi connectivity index (χ3v) is 5.12. The van der Waals surface area contributed by atoms with Crippen LogP contribution in [0.15, 0.2) is 60.1 Å². The molecule has 1 atom stereocenters. The minimum atomic E-state index is -0.568. The highest BCUT2D eigenvalue weighted by molar-refractivity contribution is 6.30. The van der Waals surface area contributed by atoms with Gasteiger partial charge in [-0.1, -0.05) is 11.6 Å². The molecule has 0 fully saturated rings. The molecule has 1 aliphatic heterocycles. The van der Waals surface area contributed by atoms with Gasteiger partial charge >= 0.3 is 0 Å². The van der Waals surface area contributed by atoms with Gasteiger partial charge in [-0.2, -0.15) is 10.1 Å². The first kappa shape index (κ1) is 19.8. The van der Waals surface area contributed by atoms with Crippen molar-refractivity contribution < 1.29 is 14.3 Å². The van der Waals surface area contributed by atoms with Gasteiger partial charge in [-0.25, -0.2) is 4.68 Å². The monoisotopic (exact) mass is 425 g/mol. The van der Waals surface area contributed by atoms with E-state index in [2.05, 4.69) is 20.7 Å². The van der Waals surface area contributed by atoms with E-state index < -0.39 is 6.04 Å². The van der Waals surface area contributed by atoms with Crippen molar-refractivity contribution in [1.29, 1.82) is 0 Å². The van der Waals surface area contributed by atoms with Crippen molar-refractivity contribution in [3.8, 4) is 11.5 Å². The van der Waals surface area contributed by atoms with E-state index in [1.54, 1.807) is 55.3 Å². The van der Waals surface area contributed by atoms with Crippen LogP contribution in [0.4, 0.5) is 11.6 Å². The fourth-order valence-corrected chi connectivity index (χ4v) is 3.58. The van der Waals surface area contributed by atoms with Gasteiger partial charge in [-0.05, 0) is 49.4 Å². The van der Waals surface area contributed by atoms with Crippen molar-refractivity contribution in [3.05, 3.63) is 70.6 Å². The Labute approximate surface area is 178 Å². The van der Waals surface area contributed by atoms with Crippen LogP contribution in [0, 0.1) is 0 Å². The van der Waals surface area contributed by atoms with Crippen LogP contribution < -0.4 is 20.1 Å². The summed E-state index contributed by atoms with van der Waals surface area (Å²) in [5, 5.41) is 11.0. The number of carbonyl (C=O) groups excluding carboxylic acids is 1. The van der Waals surface area contributed by atoms with Crippen LogP contribution in [0.2, 0.25) is 5.02 Å². The van der Waals surface area contributed by atoms with Crippen LogP contribution in [0.5, 0.6) is 11.5 Å². The molecule has 30 heavy (non-hydrogen) atoms. The maximum Gasteiger partial charge on any atom is 0.255 e. The highest BCUT2D eigenvalue weighted by atomic mass is 35.5. The highest BCUT2D eigenvalue weighted by Gasteiger charge is 2.35. The molecule has 0 radical (unpaired) electrons. The number of ether oxygens (including phenoxy) is 2. The number of anilines is 2. The number of hydrogen-bond donors (Lipinski definition) is 2. The fourth-order valence-electron chi connectivity index (χ4n) is 3.46. The van der Waals surface area contributed by atoms with E-state index in [9.17, 15) is 4.79 Å². The second kappa shape index (κ2) is 8.08. The summed E-state index contributed by atoms with van der Waals surface area (Å²) in [6, 6.07) is 11.8. The SMILES string of the molecule is COc1ccc(OC)c(C2C(C(=O)Nc3ccc(Cl)cc3)=C(C)Nc3ncnn32)c1. The van der Waals surface area contributed by atoms with Gasteiger partial charge in [0, 0.05) is 22.0 Å². The van der Waals surface area contributed by atoms with Gasteiger partial charge in [-0.15, -0.1) is 0 Å². The van der Waals surface area contributed by atoms with Crippen molar-refractivity contribution >= 4 is 29.1 Å². The number of hydrogen-bond acceptors (Lipinski definition) is 6. The molecule has 1 aliphatic rings. The summed E-state index contributed by atoms with van der Waals surface area (Å²) in [4.78, 5) is 17.6. The molecule has 1 aromatic heterocycles. The van der Waals surface area contributed by atoms with Crippen molar-refractivity contribution in [2.24, 2.45) is 0 Å². The van der Waals surface area contributed by atoms with E-state index in [4.69, 9.17) is 21.1 Å². The van der Waals surface area contributed by atoms with Gasteiger partial charge < -0.3 is 20.1 Å². The molecule has 0 spiro atoms. The number of methoxy groups -OCH3 is 2. The summed E-state index contributed by atoms with van der Waals surface area (Å²) in [5.74, 6) is 1.50. The van der Waals surface area contributed by atoms with Crippen molar-refractivity contribution in [3.63, 3.8) is 0 Å². The Kier molecular flexibility index (Phi) is 5.33. The summed E-state index contributed by atoms with van der Waals surface area (Å²) >= 11 is 5.95. The molecule has 0 saturated carbocycles. The molecule has 9 heteroatoms. The molecule has 1 unspecified atom stereocenters. The molecule has 2 N–H and O–H groups in total. The van der Waals surface area contributed by atoms with E-state index in [-0.39, 0.29) is 5.91 Å². The number of carbonyl (C=O) groups is 1. The molecule has 154 valence electrons. The predicted octanol–water partition coefficient (Wildman–Crippen LogP) is 3.88. The number of amides is 1. The first-order valence-corrected chi connectivity index (χ1v) is 9.55. The lowest BCUT2D eigenvalue weighted by Crippen LogP contribution is -2.31. The van der Waals surface area contributed by atoms with Crippen LogP contribution in [0.25, 0.3) is 0 Å². The molecule has 8 nitrogen and oxygen atoms in total. The maximum absolute atomic E-state index is 13.4. The Bertz CT molecular complexity index is 1120. The average Bonchev–Trinajstić information content (AvgIpc) is 3.21. The Balaban J connectivity index is 1.82. The van der Waals surface area contributed by atoms with Crippen molar-refractivity contribution in [1.82, 2.24) is 14.8 Å².